The molecule has 0 N–H and O–H groups in total. The maximum absolute atomic E-state index is 12.9. The van der Waals surface area contributed by atoms with Crippen LogP contribution in [0, 0.1) is 0 Å². The number of ether oxygens (including phenoxy) is 3. The molecule has 0 rings (SSSR count). The predicted molar refractivity (Wildman–Crippen MR) is 348 cm³/mol. The highest BCUT2D eigenvalue weighted by molar-refractivity contribution is 5.71. The van der Waals surface area contributed by atoms with Gasteiger partial charge in [0.1, 0.15) is 13.2 Å². The van der Waals surface area contributed by atoms with Gasteiger partial charge in [-0.1, -0.05) is 306 Å². The van der Waals surface area contributed by atoms with Crippen LogP contribution >= 0.6 is 0 Å². The van der Waals surface area contributed by atoms with E-state index < -0.39 is 6.10 Å². The van der Waals surface area contributed by atoms with Crippen molar-refractivity contribution in [2.24, 2.45) is 0 Å². The van der Waals surface area contributed by atoms with Gasteiger partial charge in [0.05, 0.1) is 0 Å². The molecule has 6 heteroatoms. The molecule has 0 aliphatic rings. The molecule has 80 heavy (non-hydrogen) atoms. The number of carbonyl (C=O) groups excluding carboxylic acids is 3. The van der Waals surface area contributed by atoms with Gasteiger partial charge in [-0.2, -0.15) is 0 Å². The van der Waals surface area contributed by atoms with Crippen molar-refractivity contribution in [3.8, 4) is 0 Å². The fourth-order valence-electron chi connectivity index (χ4n) is 10.2. The first-order valence-electron chi connectivity index (χ1n) is 34.9. The molecule has 0 aliphatic heterocycles. The molecule has 1 atom stereocenters. The molecule has 0 aromatic rings. The van der Waals surface area contributed by atoms with Crippen LogP contribution in [-0.2, 0) is 28.6 Å². The molecule has 1 unspecified atom stereocenters. The predicted octanol–water partition coefficient (Wildman–Crippen LogP) is 24.1. The lowest BCUT2D eigenvalue weighted by atomic mass is 10.0. The van der Waals surface area contributed by atoms with Crippen molar-refractivity contribution in [3.05, 3.63) is 72.9 Å². The van der Waals surface area contributed by atoms with Gasteiger partial charge in [0.15, 0.2) is 6.10 Å². The molecular weight excluding hydrogens is 985 g/mol. The third-order valence-electron chi connectivity index (χ3n) is 15.4. The zero-order chi connectivity index (χ0) is 57.8. The molecule has 0 heterocycles. The molecule has 464 valence electrons. The Balaban J connectivity index is 4.19. The summed E-state index contributed by atoms with van der Waals surface area (Å²) >= 11 is 0. The smallest absolute Gasteiger partial charge is 0.306 e. The average molecular weight is 1120 g/mol. The standard InChI is InChI=1S/C74H132O6/c1-4-7-10-13-16-19-22-25-28-30-31-32-33-34-35-36-37-38-39-40-41-42-43-45-46-49-52-55-58-61-64-67-73(76)79-70-71(69-78-72(75)66-63-60-57-54-51-48-27-24-21-18-15-12-9-6-3)80-74(77)68-65-62-59-56-53-50-47-44-29-26-23-20-17-14-11-8-5-2/h8,11,17,20,22,24-27,29-31,71H,4-7,9-10,12-16,18-19,21,23,28,32-70H2,1-3H3/b11-8-,20-17-,25-22-,27-24-,29-26-,31-30-. The normalized spacial score (nSPS) is 12.5. The monoisotopic (exact) mass is 1120 g/mol. The van der Waals surface area contributed by atoms with E-state index in [9.17, 15) is 14.4 Å². The summed E-state index contributed by atoms with van der Waals surface area (Å²) in [5.74, 6) is -0.879. The second kappa shape index (κ2) is 68.3. The average Bonchev–Trinajstić information content (AvgIpc) is 3.46. The molecule has 0 aliphatic carbocycles. The van der Waals surface area contributed by atoms with Gasteiger partial charge in [-0.05, 0) is 109 Å². The molecule has 0 spiro atoms. The minimum atomic E-state index is -0.784. The number of hydrogen-bond donors (Lipinski definition) is 0. The van der Waals surface area contributed by atoms with E-state index in [2.05, 4.69) is 93.7 Å². The maximum Gasteiger partial charge on any atom is 0.306 e. The van der Waals surface area contributed by atoms with Crippen LogP contribution < -0.4 is 0 Å². The molecule has 0 radical (unpaired) electrons. The maximum atomic E-state index is 12.9. The largest absolute Gasteiger partial charge is 0.462 e. The Morgan fingerprint density at radius 1 is 0.263 bits per heavy atom. The van der Waals surface area contributed by atoms with Gasteiger partial charge in [0, 0.05) is 19.3 Å². The van der Waals surface area contributed by atoms with Crippen LogP contribution in [0.3, 0.4) is 0 Å². The second-order valence-electron chi connectivity index (χ2n) is 23.4. The van der Waals surface area contributed by atoms with Gasteiger partial charge < -0.3 is 14.2 Å². The van der Waals surface area contributed by atoms with Crippen molar-refractivity contribution in [1.29, 1.82) is 0 Å². The van der Waals surface area contributed by atoms with Crippen molar-refractivity contribution in [2.45, 2.75) is 367 Å². The van der Waals surface area contributed by atoms with Gasteiger partial charge in [0.2, 0.25) is 0 Å². The summed E-state index contributed by atoms with van der Waals surface area (Å²) in [6, 6.07) is 0. The van der Waals surface area contributed by atoms with Gasteiger partial charge in [0.25, 0.3) is 0 Å². The minimum absolute atomic E-state index is 0.0789. The Hall–Kier alpha value is -3.15. The summed E-state index contributed by atoms with van der Waals surface area (Å²) in [6.07, 6.45) is 89.3. The van der Waals surface area contributed by atoms with Gasteiger partial charge >= 0.3 is 17.9 Å². The highest BCUT2D eigenvalue weighted by atomic mass is 16.6. The SMILES string of the molecule is CC/C=C\C/C=C\C/C=C\CCCCCCCCCC(=O)OC(COC(=O)CCCCCCC/C=C\CCCCCCC)COC(=O)CCCCCCCCCCCCCCCCCCCCC/C=C\C/C=C\CCCCCCC. The Labute approximate surface area is 497 Å². The van der Waals surface area contributed by atoms with Crippen LogP contribution in [0.5, 0.6) is 0 Å². The lowest BCUT2D eigenvalue weighted by Gasteiger charge is -2.18. The summed E-state index contributed by atoms with van der Waals surface area (Å²) in [7, 11) is 0. The zero-order valence-electron chi connectivity index (χ0n) is 53.3. The van der Waals surface area contributed by atoms with Crippen molar-refractivity contribution >= 4 is 17.9 Å². The van der Waals surface area contributed by atoms with E-state index in [1.165, 1.54) is 225 Å². The van der Waals surface area contributed by atoms with Crippen molar-refractivity contribution in [2.75, 3.05) is 13.2 Å². The van der Waals surface area contributed by atoms with E-state index in [1.54, 1.807) is 0 Å². The summed E-state index contributed by atoms with van der Waals surface area (Å²) in [5, 5.41) is 0. The Bertz CT molecular complexity index is 1470. The molecule has 0 aromatic carbocycles. The van der Waals surface area contributed by atoms with Crippen LogP contribution in [0.2, 0.25) is 0 Å². The Morgan fingerprint density at radius 2 is 0.487 bits per heavy atom. The quantitative estimate of drug-likeness (QED) is 0.0261. The fraction of sp³-hybridized carbons (Fsp3) is 0.797. The summed E-state index contributed by atoms with van der Waals surface area (Å²) in [6.45, 7) is 6.54. The van der Waals surface area contributed by atoms with E-state index in [-0.39, 0.29) is 31.1 Å². The van der Waals surface area contributed by atoms with E-state index in [0.717, 1.165) is 96.3 Å². The summed E-state index contributed by atoms with van der Waals surface area (Å²) in [4.78, 5) is 38.4. The van der Waals surface area contributed by atoms with Gasteiger partial charge in [-0.3, -0.25) is 14.4 Å². The number of carbonyl (C=O) groups is 3. The first kappa shape index (κ1) is 76.9. The second-order valence-corrected chi connectivity index (χ2v) is 23.4. The van der Waals surface area contributed by atoms with Crippen molar-refractivity contribution < 1.29 is 28.6 Å². The van der Waals surface area contributed by atoms with Crippen LogP contribution in [0.15, 0.2) is 72.9 Å². The zero-order valence-corrected chi connectivity index (χ0v) is 53.3. The Kier molecular flexibility index (Phi) is 65.7. The number of hydrogen-bond acceptors (Lipinski definition) is 6. The number of unbranched alkanes of at least 4 members (excludes halogenated alkanes) is 41. The molecule has 0 amide bonds. The van der Waals surface area contributed by atoms with E-state index in [1.807, 2.05) is 0 Å². The molecule has 6 nitrogen and oxygen atoms in total. The highest BCUT2D eigenvalue weighted by Gasteiger charge is 2.19. The summed E-state index contributed by atoms with van der Waals surface area (Å²) < 4.78 is 17.0. The third kappa shape index (κ3) is 65.7. The topological polar surface area (TPSA) is 78.9 Å². The number of rotatable bonds is 64. The number of esters is 3. The molecule has 0 aromatic heterocycles. The molecule has 0 saturated heterocycles. The lowest BCUT2D eigenvalue weighted by Crippen LogP contribution is -2.30. The first-order valence-corrected chi connectivity index (χ1v) is 34.9. The van der Waals surface area contributed by atoms with Gasteiger partial charge in [-0.15, -0.1) is 0 Å². The number of allylic oxidation sites excluding steroid dienone is 12. The third-order valence-corrected chi connectivity index (χ3v) is 15.4. The van der Waals surface area contributed by atoms with Crippen LogP contribution in [0.1, 0.15) is 361 Å². The van der Waals surface area contributed by atoms with Gasteiger partial charge in [-0.25, -0.2) is 0 Å². The minimum Gasteiger partial charge on any atom is -0.462 e. The van der Waals surface area contributed by atoms with Crippen molar-refractivity contribution in [3.63, 3.8) is 0 Å². The van der Waals surface area contributed by atoms with Crippen LogP contribution in [-0.4, -0.2) is 37.2 Å². The van der Waals surface area contributed by atoms with E-state index in [4.69, 9.17) is 14.2 Å². The highest BCUT2D eigenvalue weighted by Crippen LogP contribution is 2.18. The summed E-state index contributed by atoms with van der Waals surface area (Å²) in [5.41, 5.74) is 0. The molecular formula is C74H132O6. The van der Waals surface area contributed by atoms with E-state index in [0.29, 0.717) is 19.3 Å². The first-order chi connectivity index (χ1) is 39.5. The van der Waals surface area contributed by atoms with Crippen LogP contribution in [0.4, 0.5) is 0 Å². The Morgan fingerprint density at radius 3 is 0.775 bits per heavy atom. The van der Waals surface area contributed by atoms with E-state index >= 15 is 0 Å². The van der Waals surface area contributed by atoms with Crippen LogP contribution in [0.25, 0.3) is 0 Å². The molecule has 0 bridgehead atoms. The fourth-order valence-corrected chi connectivity index (χ4v) is 10.2. The lowest BCUT2D eigenvalue weighted by molar-refractivity contribution is -0.167. The van der Waals surface area contributed by atoms with Crippen molar-refractivity contribution in [1.82, 2.24) is 0 Å². The molecule has 0 fully saturated rings. The molecule has 0 saturated carbocycles.